The summed E-state index contributed by atoms with van der Waals surface area (Å²) in [5, 5.41) is 7.11. The van der Waals surface area contributed by atoms with Gasteiger partial charge in [-0.25, -0.2) is 0 Å². The normalized spacial score (nSPS) is 13.3. The molecule has 0 spiro atoms. The maximum absolute atomic E-state index is 12.4. The van der Waals surface area contributed by atoms with Crippen molar-refractivity contribution in [1.82, 2.24) is 9.78 Å². The summed E-state index contributed by atoms with van der Waals surface area (Å²) >= 11 is 0. The third kappa shape index (κ3) is 2.42. The lowest BCUT2D eigenvalue weighted by atomic mass is 10.1. The molecular weight excluding hydrogens is 286 g/mol. The second kappa shape index (κ2) is 5.39. The molecule has 1 aliphatic rings. The van der Waals surface area contributed by atoms with Crippen LogP contribution in [0.3, 0.4) is 0 Å². The van der Waals surface area contributed by atoms with Gasteiger partial charge in [0, 0.05) is 18.1 Å². The predicted molar refractivity (Wildman–Crippen MR) is 90.3 cm³/mol. The predicted octanol–water partition coefficient (Wildman–Crippen LogP) is 3.65. The fourth-order valence-electron chi connectivity index (χ4n) is 3.08. The number of anilines is 1. The van der Waals surface area contributed by atoms with Gasteiger partial charge in [0.2, 0.25) is 5.91 Å². The fourth-order valence-corrected chi connectivity index (χ4v) is 3.08. The van der Waals surface area contributed by atoms with Gasteiger partial charge in [-0.05, 0) is 53.8 Å². The van der Waals surface area contributed by atoms with Crippen molar-refractivity contribution in [3.05, 3.63) is 72.1 Å². The van der Waals surface area contributed by atoms with Crippen molar-refractivity contribution < 1.29 is 4.79 Å². The highest BCUT2D eigenvalue weighted by Gasteiger charge is 2.19. The van der Waals surface area contributed by atoms with Gasteiger partial charge in [0.25, 0.3) is 0 Å². The van der Waals surface area contributed by atoms with E-state index >= 15 is 0 Å². The van der Waals surface area contributed by atoms with Gasteiger partial charge in [0.1, 0.15) is 6.04 Å². The molecule has 1 aliphatic carbocycles. The van der Waals surface area contributed by atoms with Crippen molar-refractivity contribution in [3.8, 4) is 11.1 Å². The van der Waals surface area contributed by atoms with Crippen molar-refractivity contribution in [2.75, 3.05) is 5.32 Å². The number of amides is 1. The van der Waals surface area contributed by atoms with Crippen LogP contribution in [0.2, 0.25) is 0 Å². The molecule has 0 fully saturated rings. The van der Waals surface area contributed by atoms with Crippen LogP contribution in [0, 0.1) is 0 Å². The number of hydrogen-bond donors (Lipinski definition) is 1. The molecule has 1 atom stereocenters. The molecule has 3 aromatic rings. The first-order valence-electron chi connectivity index (χ1n) is 7.73. The largest absolute Gasteiger partial charge is 0.324 e. The molecule has 4 rings (SSSR count). The van der Waals surface area contributed by atoms with Gasteiger partial charge in [0.15, 0.2) is 0 Å². The van der Waals surface area contributed by atoms with E-state index in [9.17, 15) is 4.79 Å². The lowest BCUT2D eigenvalue weighted by molar-refractivity contribution is -0.119. The maximum Gasteiger partial charge on any atom is 0.248 e. The average Bonchev–Trinajstić information content (AvgIpc) is 3.21. The van der Waals surface area contributed by atoms with Crippen LogP contribution < -0.4 is 5.32 Å². The van der Waals surface area contributed by atoms with Crippen molar-refractivity contribution in [2.24, 2.45) is 0 Å². The van der Waals surface area contributed by atoms with E-state index < -0.39 is 0 Å². The number of hydrogen-bond acceptors (Lipinski definition) is 2. The number of carbonyl (C=O) groups excluding carboxylic acids is 1. The highest BCUT2D eigenvalue weighted by atomic mass is 16.2. The lowest BCUT2D eigenvalue weighted by Gasteiger charge is -2.13. The van der Waals surface area contributed by atoms with Crippen molar-refractivity contribution in [1.29, 1.82) is 0 Å². The van der Waals surface area contributed by atoms with Crippen LogP contribution >= 0.6 is 0 Å². The first kappa shape index (κ1) is 13.8. The summed E-state index contributed by atoms with van der Waals surface area (Å²) in [6.07, 6.45) is 4.43. The summed E-state index contributed by atoms with van der Waals surface area (Å²) in [4.78, 5) is 12.4. The number of rotatable bonds is 3. The van der Waals surface area contributed by atoms with Crippen LogP contribution in [-0.4, -0.2) is 15.7 Å². The maximum atomic E-state index is 12.4. The van der Waals surface area contributed by atoms with Gasteiger partial charge in [-0.2, -0.15) is 5.10 Å². The minimum absolute atomic E-state index is 0.0695. The summed E-state index contributed by atoms with van der Waals surface area (Å²) in [5.41, 5.74) is 5.95. The third-order valence-corrected chi connectivity index (χ3v) is 4.37. The third-order valence-electron chi connectivity index (χ3n) is 4.37. The SMILES string of the molecule is CC(C(=O)Nc1ccc2c(c1)-c1ccccc1C2)n1cccn1. The molecule has 4 nitrogen and oxygen atoms in total. The van der Waals surface area contributed by atoms with E-state index in [0.717, 1.165) is 12.1 Å². The Morgan fingerprint density at radius 3 is 2.78 bits per heavy atom. The van der Waals surface area contributed by atoms with E-state index in [4.69, 9.17) is 0 Å². The van der Waals surface area contributed by atoms with Crippen LogP contribution in [-0.2, 0) is 11.2 Å². The molecule has 1 N–H and O–H groups in total. The van der Waals surface area contributed by atoms with Crippen LogP contribution in [0.5, 0.6) is 0 Å². The van der Waals surface area contributed by atoms with Crippen LogP contribution in [0.15, 0.2) is 60.9 Å². The Morgan fingerprint density at radius 1 is 1.13 bits per heavy atom. The topological polar surface area (TPSA) is 46.9 Å². The molecule has 1 amide bonds. The molecule has 2 aromatic carbocycles. The molecule has 4 heteroatoms. The molecule has 0 radical (unpaired) electrons. The summed E-state index contributed by atoms with van der Waals surface area (Å²) in [6.45, 7) is 1.84. The first-order chi connectivity index (χ1) is 11.2. The molecule has 0 saturated heterocycles. The highest BCUT2D eigenvalue weighted by molar-refractivity contribution is 5.94. The molecule has 0 aliphatic heterocycles. The summed E-state index contributed by atoms with van der Waals surface area (Å²) < 4.78 is 1.65. The zero-order chi connectivity index (χ0) is 15.8. The van der Waals surface area contributed by atoms with Crippen molar-refractivity contribution in [2.45, 2.75) is 19.4 Å². The van der Waals surface area contributed by atoms with Gasteiger partial charge < -0.3 is 5.32 Å². The minimum Gasteiger partial charge on any atom is -0.324 e. The summed E-state index contributed by atoms with van der Waals surface area (Å²) in [5.74, 6) is -0.0695. The Hall–Kier alpha value is -2.88. The van der Waals surface area contributed by atoms with Crippen LogP contribution in [0.1, 0.15) is 24.1 Å². The Morgan fingerprint density at radius 2 is 1.96 bits per heavy atom. The molecule has 1 unspecified atom stereocenters. The Balaban J connectivity index is 1.59. The van der Waals surface area contributed by atoms with Crippen molar-refractivity contribution >= 4 is 11.6 Å². The molecule has 0 bridgehead atoms. The van der Waals surface area contributed by atoms with E-state index in [1.165, 1.54) is 22.3 Å². The summed E-state index contributed by atoms with van der Waals surface area (Å²) in [7, 11) is 0. The number of fused-ring (bicyclic) bond motifs is 3. The van der Waals surface area contributed by atoms with Gasteiger partial charge >= 0.3 is 0 Å². The minimum atomic E-state index is -0.342. The summed E-state index contributed by atoms with van der Waals surface area (Å²) in [6, 6.07) is 16.0. The Labute approximate surface area is 134 Å². The van der Waals surface area contributed by atoms with Gasteiger partial charge in [-0.3, -0.25) is 9.48 Å². The molecule has 0 saturated carbocycles. The van der Waals surface area contributed by atoms with Gasteiger partial charge in [-0.15, -0.1) is 0 Å². The van der Waals surface area contributed by atoms with Gasteiger partial charge in [-0.1, -0.05) is 30.3 Å². The fraction of sp³-hybridized carbons (Fsp3) is 0.158. The smallest absolute Gasteiger partial charge is 0.248 e. The first-order valence-corrected chi connectivity index (χ1v) is 7.73. The van der Waals surface area contributed by atoms with E-state index in [-0.39, 0.29) is 11.9 Å². The number of aromatic nitrogens is 2. The second-order valence-electron chi connectivity index (χ2n) is 5.86. The average molecular weight is 303 g/mol. The van der Waals surface area contributed by atoms with Crippen LogP contribution in [0.4, 0.5) is 5.69 Å². The number of benzene rings is 2. The van der Waals surface area contributed by atoms with Crippen molar-refractivity contribution in [3.63, 3.8) is 0 Å². The molecule has 1 aromatic heterocycles. The van der Waals surface area contributed by atoms with E-state index in [1.54, 1.807) is 17.1 Å². The zero-order valence-electron chi connectivity index (χ0n) is 12.9. The molecule has 114 valence electrons. The molecular formula is C19H17N3O. The molecule has 23 heavy (non-hydrogen) atoms. The number of carbonyl (C=O) groups is 1. The van der Waals surface area contributed by atoms with Gasteiger partial charge in [0.05, 0.1) is 0 Å². The highest BCUT2D eigenvalue weighted by Crippen LogP contribution is 2.37. The van der Waals surface area contributed by atoms with E-state index in [0.29, 0.717) is 0 Å². The molecule has 1 heterocycles. The number of nitrogens with one attached hydrogen (secondary N) is 1. The second-order valence-corrected chi connectivity index (χ2v) is 5.86. The Bertz CT molecular complexity index is 868. The van der Waals surface area contributed by atoms with E-state index in [2.05, 4.69) is 46.8 Å². The van der Waals surface area contributed by atoms with E-state index in [1.807, 2.05) is 19.1 Å². The standard InChI is InChI=1S/C19H17N3O/c1-13(22-10-4-9-20-22)19(23)21-16-8-7-15-11-14-5-2-3-6-17(14)18(15)12-16/h2-10,12-13H,11H2,1H3,(H,21,23). The quantitative estimate of drug-likeness (QED) is 0.628. The zero-order valence-corrected chi connectivity index (χ0v) is 12.9. The number of nitrogens with zero attached hydrogens (tertiary/aromatic N) is 2. The monoisotopic (exact) mass is 303 g/mol. The Kier molecular flexibility index (Phi) is 3.23. The van der Waals surface area contributed by atoms with Crippen LogP contribution in [0.25, 0.3) is 11.1 Å². The lowest BCUT2D eigenvalue weighted by Crippen LogP contribution is -2.23.